The minimum atomic E-state index is -0.800. The van der Waals surface area contributed by atoms with Gasteiger partial charge in [0.05, 0.1) is 22.3 Å². The van der Waals surface area contributed by atoms with Gasteiger partial charge >= 0.3 is 0 Å². The Labute approximate surface area is 108 Å². The number of rotatable bonds is 2. The van der Waals surface area contributed by atoms with Gasteiger partial charge in [-0.2, -0.15) is 0 Å². The maximum Gasteiger partial charge on any atom is 0.253 e. The molecule has 0 radical (unpaired) electrons. The lowest BCUT2D eigenvalue weighted by molar-refractivity contribution is 0.0996. The Kier molecular flexibility index (Phi) is 2.52. The minimum Gasteiger partial charge on any atom is -0.365 e. The van der Waals surface area contributed by atoms with Crippen molar-refractivity contribution in [2.45, 2.75) is 0 Å². The zero-order valence-corrected chi connectivity index (χ0v) is 9.88. The fourth-order valence-corrected chi connectivity index (χ4v) is 2.11. The van der Waals surface area contributed by atoms with Gasteiger partial charge in [-0.15, -0.1) is 0 Å². The van der Waals surface area contributed by atoms with Crippen molar-refractivity contribution in [3.63, 3.8) is 0 Å². The van der Waals surface area contributed by atoms with Gasteiger partial charge in [-0.1, -0.05) is 18.2 Å². The number of hydrogen-bond donors (Lipinski definition) is 1. The number of imidazole rings is 1. The molecule has 0 aliphatic rings. The van der Waals surface area contributed by atoms with Crippen molar-refractivity contribution < 1.29 is 9.18 Å². The van der Waals surface area contributed by atoms with Crippen LogP contribution in [0.25, 0.3) is 16.7 Å². The van der Waals surface area contributed by atoms with Crippen LogP contribution < -0.4 is 5.73 Å². The standard InChI is InChI=1S/C14H10FN3O/c15-9-4-3-7-12(13(9)14(16)19)18-8-17-10-5-1-2-6-11(10)18/h1-8H,(H2,16,19). The summed E-state index contributed by atoms with van der Waals surface area (Å²) in [6, 6.07) is 11.8. The molecule has 3 rings (SSSR count). The Hall–Kier alpha value is -2.69. The van der Waals surface area contributed by atoms with Crippen LogP contribution in [-0.4, -0.2) is 15.5 Å². The lowest BCUT2D eigenvalue weighted by Gasteiger charge is -2.09. The fourth-order valence-electron chi connectivity index (χ4n) is 2.11. The molecule has 4 nitrogen and oxygen atoms in total. The number of primary amides is 1. The zero-order chi connectivity index (χ0) is 13.4. The number of hydrogen-bond acceptors (Lipinski definition) is 2. The molecule has 2 N–H and O–H groups in total. The molecule has 0 fully saturated rings. The summed E-state index contributed by atoms with van der Waals surface area (Å²) in [6.07, 6.45) is 1.55. The quantitative estimate of drug-likeness (QED) is 0.763. The summed E-state index contributed by atoms with van der Waals surface area (Å²) in [4.78, 5) is 15.6. The molecule has 0 saturated carbocycles. The molecule has 0 bridgehead atoms. The third-order valence-corrected chi connectivity index (χ3v) is 2.95. The molecule has 2 aromatic carbocycles. The lowest BCUT2D eigenvalue weighted by Crippen LogP contribution is -2.16. The first-order valence-corrected chi connectivity index (χ1v) is 5.69. The average Bonchev–Trinajstić information content (AvgIpc) is 2.81. The van der Waals surface area contributed by atoms with E-state index < -0.39 is 11.7 Å². The summed E-state index contributed by atoms with van der Waals surface area (Å²) in [5.74, 6) is -1.44. The van der Waals surface area contributed by atoms with Crippen molar-refractivity contribution in [3.05, 3.63) is 60.2 Å². The second-order valence-electron chi connectivity index (χ2n) is 4.10. The van der Waals surface area contributed by atoms with Crippen molar-refractivity contribution >= 4 is 16.9 Å². The molecular weight excluding hydrogens is 245 g/mol. The molecule has 0 atom stereocenters. The molecule has 1 aromatic heterocycles. The fraction of sp³-hybridized carbons (Fsp3) is 0. The molecule has 1 heterocycles. The van der Waals surface area contributed by atoms with Gasteiger partial charge in [0.1, 0.15) is 12.1 Å². The SMILES string of the molecule is NC(=O)c1c(F)cccc1-n1cnc2ccccc21. The second-order valence-corrected chi connectivity index (χ2v) is 4.10. The first-order chi connectivity index (χ1) is 9.18. The zero-order valence-electron chi connectivity index (χ0n) is 9.88. The lowest BCUT2D eigenvalue weighted by atomic mass is 10.1. The van der Waals surface area contributed by atoms with E-state index in [9.17, 15) is 9.18 Å². The molecule has 0 unspecified atom stereocenters. The Balaban J connectivity index is 2.33. The third kappa shape index (κ3) is 1.76. The van der Waals surface area contributed by atoms with E-state index in [2.05, 4.69) is 4.98 Å². The van der Waals surface area contributed by atoms with Crippen LogP contribution in [0, 0.1) is 5.82 Å². The monoisotopic (exact) mass is 255 g/mol. The van der Waals surface area contributed by atoms with E-state index in [1.165, 1.54) is 12.1 Å². The summed E-state index contributed by atoms with van der Waals surface area (Å²) in [7, 11) is 0. The van der Waals surface area contributed by atoms with Crippen LogP contribution in [0.15, 0.2) is 48.8 Å². The number of para-hydroxylation sites is 2. The molecule has 94 valence electrons. The number of nitrogens with two attached hydrogens (primary N) is 1. The topological polar surface area (TPSA) is 60.9 Å². The third-order valence-electron chi connectivity index (χ3n) is 2.95. The Morgan fingerprint density at radius 1 is 1.16 bits per heavy atom. The van der Waals surface area contributed by atoms with E-state index >= 15 is 0 Å². The summed E-state index contributed by atoms with van der Waals surface area (Å²) < 4.78 is 15.4. The molecule has 19 heavy (non-hydrogen) atoms. The highest BCUT2D eigenvalue weighted by Gasteiger charge is 2.16. The minimum absolute atomic E-state index is 0.134. The largest absolute Gasteiger partial charge is 0.365 e. The van der Waals surface area contributed by atoms with E-state index in [-0.39, 0.29) is 5.56 Å². The van der Waals surface area contributed by atoms with Crippen molar-refractivity contribution in [1.29, 1.82) is 0 Å². The van der Waals surface area contributed by atoms with Crippen LogP contribution in [0.4, 0.5) is 4.39 Å². The van der Waals surface area contributed by atoms with Crippen LogP contribution in [0.3, 0.4) is 0 Å². The normalized spacial score (nSPS) is 10.8. The van der Waals surface area contributed by atoms with Crippen LogP contribution in [0.1, 0.15) is 10.4 Å². The van der Waals surface area contributed by atoms with Gasteiger partial charge in [-0.25, -0.2) is 9.37 Å². The van der Waals surface area contributed by atoms with E-state index in [4.69, 9.17) is 5.73 Å². The van der Waals surface area contributed by atoms with Crippen molar-refractivity contribution in [1.82, 2.24) is 9.55 Å². The first-order valence-electron chi connectivity index (χ1n) is 5.69. The van der Waals surface area contributed by atoms with Gasteiger partial charge in [0, 0.05) is 0 Å². The number of fused-ring (bicyclic) bond motifs is 1. The van der Waals surface area contributed by atoms with Gasteiger partial charge in [0.25, 0.3) is 5.91 Å². The van der Waals surface area contributed by atoms with Crippen LogP contribution >= 0.6 is 0 Å². The highest BCUT2D eigenvalue weighted by molar-refractivity contribution is 5.97. The summed E-state index contributed by atoms with van der Waals surface area (Å²) in [5, 5.41) is 0. The molecule has 0 aliphatic carbocycles. The van der Waals surface area contributed by atoms with Crippen LogP contribution in [-0.2, 0) is 0 Å². The Morgan fingerprint density at radius 2 is 1.95 bits per heavy atom. The van der Waals surface area contributed by atoms with E-state index in [1.807, 2.05) is 24.3 Å². The van der Waals surface area contributed by atoms with Crippen molar-refractivity contribution in [2.24, 2.45) is 5.73 Å². The number of carbonyl (C=O) groups is 1. The van der Waals surface area contributed by atoms with Gasteiger partial charge in [0.2, 0.25) is 0 Å². The van der Waals surface area contributed by atoms with Crippen molar-refractivity contribution in [2.75, 3.05) is 0 Å². The molecule has 5 heteroatoms. The second kappa shape index (κ2) is 4.20. The van der Waals surface area contributed by atoms with Gasteiger partial charge in [0.15, 0.2) is 0 Å². The number of amides is 1. The number of nitrogens with zero attached hydrogens (tertiary/aromatic N) is 2. The highest BCUT2D eigenvalue weighted by atomic mass is 19.1. The van der Waals surface area contributed by atoms with E-state index in [0.717, 1.165) is 11.0 Å². The number of carbonyl (C=O) groups excluding carboxylic acids is 1. The van der Waals surface area contributed by atoms with E-state index in [1.54, 1.807) is 17.0 Å². The van der Waals surface area contributed by atoms with Gasteiger partial charge in [-0.05, 0) is 24.3 Å². The van der Waals surface area contributed by atoms with Gasteiger partial charge < -0.3 is 5.73 Å². The molecular formula is C14H10FN3O. The Bertz CT molecular complexity index is 779. The smallest absolute Gasteiger partial charge is 0.253 e. The average molecular weight is 255 g/mol. The van der Waals surface area contributed by atoms with Crippen LogP contribution in [0.5, 0.6) is 0 Å². The highest BCUT2D eigenvalue weighted by Crippen LogP contribution is 2.22. The molecule has 0 spiro atoms. The van der Waals surface area contributed by atoms with Gasteiger partial charge in [-0.3, -0.25) is 9.36 Å². The predicted octanol–water partition coefficient (Wildman–Crippen LogP) is 2.26. The number of halogens is 1. The van der Waals surface area contributed by atoms with E-state index in [0.29, 0.717) is 5.69 Å². The number of aromatic nitrogens is 2. The predicted molar refractivity (Wildman–Crippen MR) is 69.5 cm³/mol. The maximum atomic E-state index is 13.8. The Morgan fingerprint density at radius 3 is 2.74 bits per heavy atom. The molecule has 3 aromatic rings. The summed E-state index contributed by atoms with van der Waals surface area (Å²) >= 11 is 0. The summed E-state index contributed by atoms with van der Waals surface area (Å²) in [5.41, 5.74) is 7.06. The molecule has 1 amide bonds. The summed E-state index contributed by atoms with van der Waals surface area (Å²) in [6.45, 7) is 0. The maximum absolute atomic E-state index is 13.8. The molecule has 0 aliphatic heterocycles. The first kappa shape index (κ1) is 11.4. The number of benzene rings is 2. The molecule has 0 saturated heterocycles. The van der Waals surface area contributed by atoms with Crippen LogP contribution in [0.2, 0.25) is 0 Å². The van der Waals surface area contributed by atoms with Crippen molar-refractivity contribution in [3.8, 4) is 5.69 Å².